The Hall–Kier alpha value is -1.33. The first kappa shape index (κ1) is 13.7. The number of rotatable bonds is 9. The van der Waals surface area contributed by atoms with Gasteiger partial charge < -0.3 is 20.5 Å². The lowest BCUT2D eigenvalue weighted by Gasteiger charge is -2.06. The fourth-order valence-corrected chi connectivity index (χ4v) is 1.32. The van der Waals surface area contributed by atoms with Crippen LogP contribution in [-0.2, 0) is 9.47 Å². The maximum Gasteiger partial charge on any atom is 0.123 e. The number of ether oxygens (including phenoxy) is 2. The Balaban J connectivity index is 1.95. The summed E-state index contributed by atoms with van der Waals surface area (Å²) >= 11 is 0. The molecule has 0 bridgehead atoms. The number of unbranched alkanes of at least 4 members (excludes halogenated alkanes) is 1. The van der Waals surface area contributed by atoms with E-state index in [0.717, 1.165) is 31.7 Å². The van der Waals surface area contributed by atoms with Crippen molar-refractivity contribution in [1.82, 2.24) is 4.98 Å². The standard InChI is InChI=1S/C12H21N3O2/c1-16-8-9-17-7-3-2-6-14-11-4-5-12(13)15-10-11/h4-5,10,14H,2-3,6-9H2,1H3,(H2,13,15). The molecule has 1 aromatic heterocycles. The summed E-state index contributed by atoms with van der Waals surface area (Å²) in [5.74, 6) is 0.544. The average molecular weight is 239 g/mol. The zero-order valence-electron chi connectivity index (χ0n) is 10.3. The van der Waals surface area contributed by atoms with Crippen molar-refractivity contribution in [2.24, 2.45) is 0 Å². The second-order valence-corrected chi connectivity index (χ2v) is 3.71. The number of nitrogens with two attached hydrogens (primary N) is 1. The third-order valence-electron chi connectivity index (χ3n) is 2.26. The first-order valence-corrected chi connectivity index (χ1v) is 5.85. The Morgan fingerprint density at radius 3 is 2.82 bits per heavy atom. The van der Waals surface area contributed by atoms with E-state index < -0.39 is 0 Å². The van der Waals surface area contributed by atoms with Crippen LogP contribution in [0.5, 0.6) is 0 Å². The largest absolute Gasteiger partial charge is 0.384 e. The van der Waals surface area contributed by atoms with Gasteiger partial charge in [-0.2, -0.15) is 0 Å². The van der Waals surface area contributed by atoms with E-state index in [0.29, 0.717) is 19.0 Å². The van der Waals surface area contributed by atoms with Crippen LogP contribution in [0.2, 0.25) is 0 Å². The molecule has 0 amide bonds. The molecule has 0 atom stereocenters. The maximum atomic E-state index is 5.50. The summed E-state index contributed by atoms with van der Waals surface area (Å²) < 4.78 is 10.2. The Bertz CT molecular complexity index is 290. The SMILES string of the molecule is COCCOCCCCNc1ccc(N)nc1. The van der Waals surface area contributed by atoms with Gasteiger partial charge in [0.15, 0.2) is 0 Å². The van der Waals surface area contributed by atoms with Crippen molar-refractivity contribution in [3.63, 3.8) is 0 Å². The molecule has 0 aromatic carbocycles. The molecule has 0 aliphatic carbocycles. The normalized spacial score (nSPS) is 10.4. The molecule has 0 saturated carbocycles. The third-order valence-corrected chi connectivity index (χ3v) is 2.26. The first-order valence-electron chi connectivity index (χ1n) is 5.85. The highest BCUT2D eigenvalue weighted by Gasteiger charge is 1.93. The van der Waals surface area contributed by atoms with Gasteiger partial charge in [0.2, 0.25) is 0 Å². The minimum atomic E-state index is 0.544. The molecular formula is C12H21N3O2. The minimum Gasteiger partial charge on any atom is -0.384 e. The fraction of sp³-hybridized carbons (Fsp3) is 0.583. The molecule has 96 valence electrons. The van der Waals surface area contributed by atoms with Crippen LogP contribution < -0.4 is 11.1 Å². The summed E-state index contributed by atoms with van der Waals surface area (Å²) in [6, 6.07) is 3.72. The van der Waals surface area contributed by atoms with Crippen molar-refractivity contribution in [2.45, 2.75) is 12.8 Å². The molecule has 5 heteroatoms. The van der Waals surface area contributed by atoms with E-state index in [1.165, 1.54) is 0 Å². The molecule has 0 unspecified atom stereocenters. The Kier molecular flexibility index (Phi) is 7.09. The van der Waals surface area contributed by atoms with E-state index >= 15 is 0 Å². The number of pyridine rings is 1. The molecule has 1 rings (SSSR count). The van der Waals surface area contributed by atoms with E-state index in [1.54, 1.807) is 19.4 Å². The minimum absolute atomic E-state index is 0.544. The number of hydrogen-bond donors (Lipinski definition) is 2. The zero-order valence-corrected chi connectivity index (χ0v) is 10.3. The molecular weight excluding hydrogens is 218 g/mol. The van der Waals surface area contributed by atoms with E-state index in [2.05, 4.69) is 10.3 Å². The molecule has 5 nitrogen and oxygen atoms in total. The van der Waals surface area contributed by atoms with Crippen molar-refractivity contribution in [3.05, 3.63) is 18.3 Å². The van der Waals surface area contributed by atoms with Gasteiger partial charge in [0.25, 0.3) is 0 Å². The number of nitrogens with one attached hydrogen (secondary N) is 1. The van der Waals surface area contributed by atoms with E-state index in [1.807, 2.05) is 6.07 Å². The molecule has 0 aliphatic rings. The van der Waals surface area contributed by atoms with E-state index in [4.69, 9.17) is 15.2 Å². The second-order valence-electron chi connectivity index (χ2n) is 3.71. The van der Waals surface area contributed by atoms with Gasteiger partial charge in [0.1, 0.15) is 5.82 Å². The van der Waals surface area contributed by atoms with Crippen LogP contribution in [-0.4, -0.2) is 38.5 Å². The van der Waals surface area contributed by atoms with Crippen LogP contribution in [0.25, 0.3) is 0 Å². The van der Waals surface area contributed by atoms with Crippen LogP contribution >= 0.6 is 0 Å². The smallest absolute Gasteiger partial charge is 0.123 e. The summed E-state index contributed by atoms with van der Waals surface area (Å²) in [5.41, 5.74) is 6.49. The van der Waals surface area contributed by atoms with Crippen molar-refractivity contribution in [2.75, 3.05) is 44.5 Å². The third kappa shape index (κ3) is 6.76. The van der Waals surface area contributed by atoms with Gasteiger partial charge in [-0.05, 0) is 25.0 Å². The molecule has 1 heterocycles. The number of hydrogen-bond acceptors (Lipinski definition) is 5. The highest BCUT2D eigenvalue weighted by Crippen LogP contribution is 2.06. The summed E-state index contributed by atoms with van der Waals surface area (Å²) in [6.07, 6.45) is 3.85. The number of methoxy groups -OCH3 is 1. The Labute approximate surface area is 102 Å². The summed E-state index contributed by atoms with van der Waals surface area (Å²) in [5, 5.41) is 3.28. The number of anilines is 2. The van der Waals surface area contributed by atoms with Gasteiger partial charge in [0.05, 0.1) is 25.1 Å². The zero-order chi connectivity index (χ0) is 12.3. The van der Waals surface area contributed by atoms with E-state index in [9.17, 15) is 0 Å². The summed E-state index contributed by atoms with van der Waals surface area (Å²) in [7, 11) is 1.67. The van der Waals surface area contributed by atoms with Gasteiger partial charge in [-0.25, -0.2) is 4.98 Å². The van der Waals surface area contributed by atoms with E-state index in [-0.39, 0.29) is 0 Å². The molecule has 3 N–H and O–H groups in total. The quantitative estimate of drug-likeness (QED) is 0.639. The molecule has 1 aromatic rings. The van der Waals surface area contributed by atoms with Crippen LogP contribution in [0.4, 0.5) is 11.5 Å². The first-order chi connectivity index (χ1) is 8.33. The van der Waals surface area contributed by atoms with Crippen molar-refractivity contribution in [3.8, 4) is 0 Å². The summed E-state index contributed by atoms with van der Waals surface area (Å²) in [4.78, 5) is 4.00. The average Bonchev–Trinajstić information content (AvgIpc) is 2.35. The lowest BCUT2D eigenvalue weighted by Crippen LogP contribution is -2.06. The highest BCUT2D eigenvalue weighted by molar-refractivity contribution is 5.45. The lowest BCUT2D eigenvalue weighted by molar-refractivity contribution is 0.0691. The molecule has 0 aliphatic heterocycles. The molecule has 0 spiro atoms. The van der Waals surface area contributed by atoms with Crippen LogP contribution in [0.1, 0.15) is 12.8 Å². The second kappa shape index (κ2) is 8.78. The van der Waals surface area contributed by atoms with Gasteiger partial charge in [-0.3, -0.25) is 0 Å². The number of aromatic nitrogens is 1. The van der Waals surface area contributed by atoms with Crippen LogP contribution in [0.15, 0.2) is 18.3 Å². The fourth-order valence-electron chi connectivity index (χ4n) is 1.32. The monoisotopic (exact) mass is 239 g/mol. The molecule has 17 heavy (non-hydrogen) atoms. The molecule has 0 saturated heterocycles. The number of nitrogen functional groups attached to an aromatic ring is 1. The summed E-state index contributed by atoms with van der Waals surface area (Å²) in [6.45, 7) is 3.03. The number of nitrogens with zero attached hydrogens (tertiary/aromatic N) is 1. The molecule has 0 fully saturated rings. The van der Waals surface area contributed by atoms with Gasteiger partial charge in [-0.15, -0.1) is 0 Å². The molecule has 0 radical (unpaired) electrons. The van der Waals surface area contributed by atoms with Gasteiger partial charge in [-0.1, -0.05) is 0 Å². The van der Waals surface area contributed by atoms with Crippen LogP contribution in [0.3, 0.4) is 0 Å². The lowest BCUT2D eigenvalue weighted by atomic mass is 10.3. The predicted octanol–water partition coefficient (Wildman–Crippen LogP) is 1.52. The Morgan fingerprint density at radius 2 is 2.12 bits per heavy atom. The van der Waals surface area contributed by atoms with Gasteiger partial charge >= 0.3 is 0 Å². The van der Waals surface area contributed by atoms with Crippen LogP contribution in [0, 0.1) is 0 Å². The Morgan fingerprint density at radius 1 is 1.24 bits per heavy atom. The van der Waals surface area contributed by atoms with Crippen molar-refractivity contribution < 1.29 is 9.47 Å². The maximum absolute atomic E-state index is 5.50. The predicted molar refractivity (Wildman–Crippen MR) is 69.1 cm³/mol. The van der Waals surface area contributed by atoms with Crippen molar-refractivity contribution >= 4 is 11.5 Å². The highest BCUT2D eigenvalue weighted by atomic mass is 16.5. The van der Waals surface area contributed by atoms with Crippen molar-refractivity contribution in [1.29, 1.82) is 0 Å². The van der Waals surface area contributed by atoms with Gasteiger partial charge in [0, 0.05) is 20.3 Å². The topological polar surface area (TPSA) is 69.4 Å².